The van der Waals surface area contributed by atoms with Crippen LogP contribution in [0, 0.1) is 23.0 Å². The van der Waals surface area contributed by atoms with Gasteiger partial charge in [-0.1, -0.05) is 0 Å². The van der Waals surface area contributed by atoms with Gasteiger partial charge in [-0.3, -0.25) is 0 Å². The van der Waals surface area contributed by atoms with Gasteiger partial charge < -0.3 is 0 Å². The molecule has 16 heavy (non-hydrogen) atoms. The van der Waals surface area contributed by atoms with Gasteiger partial charge in [0.1, 0.15) is 5.01 Å². The summed E-state index contributed by atoms with van der Waals surface area (Å²) in [7, 11) is 0. The van der Waals surface area contributed by atoms with Gasteiger partial charge in [0.15, 0.2) is 11.6 Å². The summed E-state index contributed by atoms with van der Waals surface area (Å²) in [5.74, 6) is -1.77. The Morgan fingerprint density at radius 2 is 2.12 bits per heavy atom. The van der Waals surface area contributed by atoms with Crippen molar-refractivity contribution < 1.29 is 8.78 Å². The first-order chi connectivity index (χ1) is 7.70. The van der Waals surface area contributed by atoms with Crippen LogP contribution in [0.2, 0.25) is 0 Å². The van der Waals surface area contributed by atoms with Crippen LogP contribution in [0.25, 0.3) is 11.3 Å². The number of nitrogens with zero attached hydrogens (tertiary/aromatic N) is 2. The van der Waals surface area contributed by atoms with Gasteiger partial charge in [-0.2, -0.15) is 5.26 Å². The zero-order valence-electron chi connectivity index (χ0n) is 8.08. The fourth-order valence-corrected chi connectivity index (χ4v) is 1.98. The quantitative estimate of drug-likeness (QED) is 0.803. The first kappa shape index (κ1) is 10.7. The van der Waals surface area contributed by atoms with E-state index in [-0.39, 0.29) is 6.42 Å². The van der Waals surface area contributed by atoms with Crippen LogP contribution in [0.15, 0.2) is 23.6 Å². The molecule has 2 nitrogen and oxygen atoms in total. The van der Waals surface area contributed by atoms with E-state index in [1.54, 1.807) is 5.38 Å². The summed E-state index contributed by atoms with van der Waals surface area (Å²) in [6.45, 7) is 0. The lowest BCUT2D eigenvalue weighted by atomic mass is 10.2. The van der Waals surface area contributed by atoms with Crippen molar-refractivity contribution in [1.29, 1.82) is 5.26 Å². The Kier molecular flexibility index (Phi) is 2.93. The van der Waals surface area contributed by atoms with Gasteiger partial charge in [0.25, 0.3) is 0 Å². The largest absolute Gasteiger partial charge is 0.240 e. The van der Waals surface area contributed by atoms with Gasteiger partial charge in [-0.05, 0) is 18.2 Å². The van der Waals surface area contributed by atoms with Crippen molar-refractivity contribution in [3.8, 4) is 17.3 Å². The molecule has 5 heteroatoms. The lowest BCUT2D eigenvalue weighted by molar-refractivity contribution is 0.509. The average Bonchev–Trinajstić information content (AvgIpc) is 2.71. The van der Waals surface area contributed by atoms with Gasteiger partial charge in [0.05, 0.1) is 18.2 Å². The Morgan fingerprint density at radius 3 is 2.81 bits per heavy atom. The molecule has 1 aromatic carbocycles. The number of benzene rings is 1. The van der Waals surface area contributed by atoms with Gasteiger partial charge >= 0.3 is 0 Å². The number of aromatic nitrogens is 1. The highest BCUT2D eigenvalue weighted by atomic mass is 32.1. The molecule has 0 unspecified atom stereocenters. The lowest BCUT2D eigenvalue weighted by Gasteiger charge is -1.97. The van der Waals surface area contributed by atoms with Gasteiger partial charge in [0.2, 0.25) is 0 Å². The van der Waals surface area contributed by atoms with Crippen LogP contribution in [0.3, 0.4) is 0 Å². The lowest BCUT2D eigenvalue weighted by Crippen LogP contribution is -1.86. The maximum Gasteiger partial charge on any atom is 0.159 e. The molecule has 0 bridgehead atoms. The molecule has 1 heterocycles. The Bertz CT molecular complexity index is 557. The number of nitriles is 1. The molecule has 0 spiro atoms. The Morgan fingerprint density at radius 1 is 1.31 bits per heavy atom. The van der Waals surface area contributed by atoms with E-state index < -0.39 is 11.6 Å². The van der Waals surface area contributed by atoms with Crippen LogP contribution in [-0.4, -0.2) is 4.98 Å². The first-order valence-corrected chi connectivity index (χ1v) is 5.35. The van der Waals surface area contributed by atoms with E-state index in [0.717, 1.165) is 12.1 Å². The van der Waals surface area contributed by atoms with E-state index in [2.05, 4.69) is 4.98 Å². The molecule has 0 atom stereocenters. The third kappa shape index (κ3) is 2.07. The highest BCUT2D eigenvalue weighted by molar-refractivity contribution is 7.10. The monoisotopic (exact) mass is 236 g/mol. The van der Waals surface area contributed by atoms with Crippen molar-refractivity contribution in [3.63, 3.8) is 0 Å². The number of thiazole rings is 1. The molecule has 0 saturated carbocycles. The fourth-order valence-electron chi connectivity index (χ4n) is 1.25. The summed E-state index contributed by atoms with van der Waals surface area (Å²) in [6, 6.07) is 5.61. The Labute approximate surface area is 94.8 Å². The highest BCUT2D eigenvalue weighted by Crippen LogP contribution is 2.23. The predicted octanol–water partition coefficient (Wildman–Crippen LogP) is 3.15. The van der Waals surface area contributed by atoms with E-state index in [4.69, 9.17) is 5.26 Å². The minimum absolute atomic E-state index is 0.230. The molecule has 1 aromatic heterocycles. The van der Waals surface area contributed by atoms with Gasteiger partial charge in [0, 0.05) is 10.9 Å². The second kappa shape index (κ2) is 4.37. The van der Waals surface area contributed by atoms with Crippen LogP contribution in [0.5, 0.6) is 0 Å². The third-order valence-electron chi connectivity index (χ3n) is 2.00. The average molecular weight is 236 g/mol. The van der Waals surface area contributed by atoms with Crippen molar-refractivity contribution in [2.75, 3.05) is 0 Å². The molecule has 0 aliphatic heterocycles. The molecule has 0 aliphatic rings. The van der Waals surface area contributed by atoms with Crippen LogP contribution >= 0.6 is 11.3 Å². The summed E-state index contributed by atoms with van der Waals surface area (Å²) in [6.07, 6.45) is 0.230. The van der Waals surface area contributed by atoms with Crippen LogP contribution < -0.4 is 0 Å². The van der Waals surface area contributed by atoms with Crippen molar-refractivity contribution in [3.05, 3.63) is 40.2 Å². The minimum Gasteiger partial charge on any atom is -0.240 e. The summed E-state index contributed by atoms with van der Waals surface area (Å²) in [5.41, 5.74) is 1.08. The zero-order chi connectivity index (χ0) is 11.5. The highest BCUT2D eigenvalue weighted by Gasteiger charge is 2.07. The molecule has 0 N–H and O–H groups in total. The molecule has 0 amide bonds. The summed E-state index contributed by atoms with van der Waals surface area (Å²) in [4.78, 5) is 4.15. The van der Waals surface area contributed by atoms with Gasteiger partial charge in [-0.25, -0.2) is 13.8 Å². The molecule has 2 aromatic rings. The third-order valence-corrected chi connectivity index (χ3v) is 2.85. The number of rotatable bonds is 2. The summed E-state index contributed by atoms with van der Waals surface area (Å²) in [5, 5.41) is 10.9. The number of hydrogen-bond donors (Lipinski definition) is 0. The van der Waals surface area contributed by atoms with Crippen LogP contribution in [-0.2, 0) is 6.42 Å². The van der Waals surface area contributed by atoms with Crippen molar-refractivity contribution in [2.45, 2.75) is 6.42 Å². The maximum absolute atomic E-state index is 13.0. The summed E-state index contributed by atoms with van der Waals surface area (Å²) >= 11 is 1.33. The minimum atomic E-state index is -0.896. The predicted molar refractivity (Wildman–Crippen MR) is 56.8 cm³/mol. The first-order valence-electron chi connectivity index (χ1n) is 4.47. The van der Waals surface area contributed by atoms with E-state index >= 15 is 0 Å². The summed E-state index contributed by atoms with van der Waals surface area (Å²) < 4.78 is 25.7. The topological polar surface area (TPSA) is 36.7 Å². The molecular formula is C11H6F2N2S. The normalized spacial score (nSPS) is 10.1. The zero-order valence-corrected chi connectivity index (χ0v) is 8.89. The maximum atomic E-state index is 13.0. The second-order valence-corrected chi connectivity index (χ2v) is 4.03. The fraction of sp³-hybridized carbons (Fsp3) is 0.0909. The van der Waals surface area contributed by atoms with Crippen LogP contribution in [0.4, 0.5) is 8.78 Å². The molecule has 0 fully saturated rings. The number of halogens is 2. The second-order valence-electron chi connectivity index (χ2n) is 3.09. The Balaban J connectivity index is 2.36. The molecular weight excluding hydrogens is 230 g/mol. The molecule has 0 saturated heterocycles. The Hall–Kier alpha value is -1.80. The van der Waals surface area contributed by atoms with Crippen molar-refractivity contribution >= 4 is 11.3 Å². The van der Waals surface area contributed by atoms with E-state index in [1.807, 2.05) is 6.07 Å². The van der Waals surface area contributed by atoms with E-state index in [1.165, 1.54) is 17.4 Å². The van der Waals surface area contributed by atoms with Crippen LogP contribution in [0.1, 0.15) is 5.01 Å². The number of hydrogen-bond acceptors (Lipinski definition) is 3. The standard InChI is InChI=1S/C11H6F2N2S/c12-8-2-1-7(5-9(8)13)10-6-16-11(15-10)3-4-14/h1-2,5-6H,3H2. The van der Waals surface area contributed by atoms with Gasteiger partial charge in [-0.15, -0.1) is 11.3 Å². The molecule has 0 aliphatic carbocycles. The molecule has 80 valence electrons. The van der Waals surface area contributed by atoms with Crippen molar-refractivity contribution in [2.24, 2.45) is 0 Å². The molecule has 2 rings (SSSR count). The smallest absolute Gasteiger partial charge is 0.159 e. The van der Waals surface area contributed by atoms with E-state index in [9.17, 15) is 8.78 Å². The SMILES string of the molecule is N#CCc1nc(-c2ccc(F)c(F)c2)cs1. The van der Waals surface area contributed by atoms with E-state index in [0.29, 0.717) is 16.3 Å². The van der Waals surface area contributed by atoms with Crippen molar-refractivity contribution in [1.82, 2.24) is 4.98 Å². The molecule has 0 radical (unpaired) electrons.